The van der Waals surface area contributed by atoms with Crippen LogP contribution in [0, 0.1) is 23.5 Å². The predicted molar refractivity (Wildman–Crippen MR) is 118 cm³/mol. The number of hydrogen-bond acceptors (Lipinski definition) is 6. The molecule has 1 fully saturated rings. The van der Waals surface area contributed by atoms with E-state index in [1.54, 1.807) is 13.8 Å². The molecule has 3 atom stereocenters. The van der Waals surface area contributed by atoms with Crippen LogP contribution >= 0.6 is 19.2 Å². The lowest BCUT2D eigenvalue weighted by Crippen LogP contribution is -2.40. The fraction of sp³-hybridized carbons (Fsp3) is 0.318. The molecule has 0 N–H and O–H groups in total. The minimum absolute atomic E-state index is 0.0213. The number of fused-ring (bicyclic) bond motifs is 1. The number of benzene rings is 2. The zero-order valence-corrected chi connectivity index (χ0v) is 19.4. The van der Waals surface area contributed by atoms with E-state index in [1.165, 1.54) is 24.4 Å². The molecule has 7 nitrogen and oxygen atoms in total. The second-order valence-electron chi connectivity index (χ2n) is 7.46. The lowest BCUT2D eigenvalue weighted by Gasteiger charge is -2.37. The van der Waals surface area contributed by atoms with Crippen LogP contribution in [-0.2, 0) is 28.5 Å². The Kier molecular flexibility index (Phi) is 6.26. The number of halogens is 3. The highest BCUT2D eigenvalue weighted by atomic mass is 35.5. The van der Waals surface area contributed by atoms with E-state index in [2.05, 4.69) is 4.99 Å². The maximum Gasteiger partial charge on any atom is 0.363 e. The molecule has 0 spiro atoms. The van der Waals surface area contributed by atoms with Gasteiger partial charge in [0.05, 0.1) is 35.8 Å². The monoisotopic (exact) mass is 496 g/mol. The minimum atomic E-state index is -4.21. The Morgan fingerprint density at radius 1 is 1.06 bits per heavy atom. The molecule has 3 unspecified atom stereocenters. The lowest BCUT2D eigenvalue weighted by molar-refractivity contribution is -0.123. The fourth-order valence-electron chi connectivity index (χ4n) is 4.34. The van der Waals surface area contributed by atoms with Crippen LogP contribution in [0.1, 0.15) is 19.4 Å². The number of carbonyl (C=O) groups is 2. The summed E-state index contributed by atoms with van der Waals surface area (Å²) in [6.45, 7) is 3.17. The van der Waals surface area contributed by atoms with E-state index < -0.39 is 48.2 Å². The maximum absolute atomic E-state index is 14.2. The highest BCUT2D eigenvalue weighted by molar-refractivity contribution is 7.55. The molecule has 33 heavy (non-hydrogen) atoms. The number of imide groups is 1. The SMILES string of the molecule is CCOP(=O)(OCC)C1(c2ccc(F)cc2)N=CC2C(=O)N(c3ccc(F)c(Cl)c3)C(=O)C21. The van der Waals surface area contributed by atoms with E-state index in [4.69, 9.17) is 20.6 Å². The van der Waals surface area contributed by atoms with Gasteiger partial charge < -0.3 is 9.05 Å². The summed E-state index contributed by atoms with van der Waals surface area (Å²) in [5.74, 6) is -5.00. The third-order valence-corrected chi connectivity index (χ3v) is 8.64. The molecule has 0 aliphatic carbocycles. The molecule has 1 saturated heterocycles. The third-order valence-electron chi connectivity index (χ3n) is 5.66. The standard InChI is InChI=1S/C22H20ClF2N2O5P/c1-3-31-33(30,32-4-2)22(13-5-7-14(24)8-6-13)19-16(12-26-22)20(28)27(21(19)29)15-9-10-18(25)17(23)11-15/h5-12,16,19H,3-4H2,1-2H3. The highest BCUT2D eigenvalue weighted by Crippen LogP contribution is 2.72. The largest absolute Gasteiger partial charge is 0.363 e. The van der Waals surface area contributed by atoms with Crippen LogP contribution in [0.3, 0.4) is 0 Å². The van der Waals surface area contributed by atoms with Crippen molar-refractivity contribution in [3.63, 3.8) is 0 Å². The van der Waals surface area contributed by atoms with Crippen LogP contribution in [-0.4, -0.2) is 31.2 Å². The van der Waals surface area contributed by atoms with Gasteiger partial charge in [-0.3, -0.25) is 19.1 Å². The molecule has 2 aromatic rings. The molecule has 0 bridgehead atoms. The zero-order chi connectivity index (χ0) is 24.0. The van der Waals surface area contributed by atoms with Crippen LogP contribution in [0.15, 0.2) is 47.5 Å². The Balaban J connectivity index is 1.91. The van der Waals surface area contributed by atoms with E-state index in [-0.39, 0.29) is 29.5 Å². The summed E-state index contributed by atoms with van der Waals surface area (Å²) >= 11 is 5.86. The third kappa shape index (κ3) is 3.54. The van der Waals surface area contributed by atoms with Crippen molar-refractivity contribution in [1.29, 1.82) is 0 Å². The van der Waals surface area contributed by atoms with Crippen molar-refractivity contribution in [3.8, 4) is 0 Å². The van der Waals surface area contributed by atoms with Gasteiger partial charge in [0.15, 0.2) is 5.28 Å². The van der Waals surface area contributed by atoms with Gasteiger partial charge in [-0.2, -0.15) is 0 Å². The van der Waals surface area contributed by atoms with E-state index in [0.29, 0.717) is 0 Å². The number of aliphatic imine (C=N–C) groups is 1. The molecule has 2 aromatic carbocycles. The van der Waals surface area contributed by atoms with Gasteiger partial charge in [-0.1, -0.05) is 23.7 Å². The summed E-state index contributed by atoms with van der Waals surface area (Å²) in [6.07, 6.45) is 1.25. The molecule has 0 saturated carbocycles. The number of anilines is 1. The molecule has 0 aromatic heterocycles. The number of carbonyl (C=O) groups excluding carboxylic acids is 2. The van der Waals surface area contributed by atoms with E-state index >= 15 is 0 Å². The van der Waals surface area contributed by atoms with Crippen molar-refractivity contribution in [1.82, 2.24) is 0 Å². The Bertz CT molecular complexity index is 1180. The highest BCUT2D eigenvalue weighted by Gasteiger charge is 2.69. The first kappa shape index (κ1) is 23.7. The summed E-state index contributed by atoms with van der Waals surface area (Å²) in [7, 11) is -4.21. The van der Waals surface area contributed by atoms with Gasteiger partial charge in [0.25, 0.3) is 0 Å². The van der Waals surface area contributed by atoms with E-state index in [0.717, 1.165) is 29.2 Å². The number of hydrogen-bond donors (Lipinski definition) is 0. The van der Waals surface area contributed by atoms with Gasteiger partial charge in [-0.25, -0.2) is 13.7 Å². The van der Waals surface area contributed by atoms with Crippen molar-refractivity contribution in [2.45, 2.75) is 19.1 Å². The Hall–Kier alpha value is -2.45. The van der Waals surface area contributed by atoms with Crippen molar-refractivity contribution < 1.29 is 32.0 Å². The topological polar surface area (TPSA) is 85.3 Å². The van der Waals surface area contributed by atoms with Gasteiger partial charge in [0.2, 0.25) is 11.8 Å². The normalized spacial score (nSPS) is 24.6. The maximum atomic E-state index is 14.2. The Morgan fingerprint density at radius 2 is 1.70 bits per heavy atom. The number of rotatable bonds is 7. The fourth-order valence-corrected chi connectivity index (χ4v) is 6.95. The van der Waals surface area contributed by atoms with Crippen molar-refractivity contribution in [2.24, 2.45) is 16.8 Å². The van der Waals surface area contributed by atoms with Crippen LogP contribution in [0.5, 0.6) is 0 Å². The number of amides is 2. The van der Waals surface area contributed by atoms with Crippen LogP contribution in [0.25, 0.3) is 0 Å². The summed E-state index contributed by atoms with van der Waals surface area (Å²) in [5, 5.41) is -2.18. The Morgan fingerprint density at radius 3 is 2.27 bits per heavy atom. The zero-order valence-electron chi connectivity index (χ0n) is 17.7. The molecule has 2 aliphatic rings. The first-order valence-corrected chi connectivity index (χ1v) is 12.2. The molecule has 11 heteroatoms. The minimum Gasteiger partial charge on any atom is -0.307 e. The molecular formula is C22H20ClF2N2O5P. The summed E-state index contributed by atoms with van der Waals surface area (Å²) in [4.78, 5) is 32.2. The Labute approximate surface area is 193 Å². The van der Waals surface area contributed by atoms with Gasteiger partial charge in [-0.15, -0.1) is 0 Å². The van der Waals surface area contributed by atoms with Crippen molar-refractivity contribution >= 4 is 42.9 Å². The smallest absolute Gasteiger partial charge is 0.307 e. The summed E-state index contributed by atoms with van der Waals surface area (Å²) in [6, 6.07) is 8.42. The molecule has 0 radical (unpaired) electrons. The predicted octanol–water partition coefficient (Wildman–Crippen LogP) is 4.93. The van der Waals surface area contributed by atoms with Gasteiger partial charge >= 0.3 is 7.60 Å². The van der Waals surface area contributed by atoms with Gasteiger partial charge in [0, 0.05) is 6.21 Å². The molecule has 4 rings (SSSR count). The second-order valence-corrected chi connectivity index (χ2v) is 10.1. The van der Waals surface area contributed by atoms with Crippen molar-refractivity contribution in [2.75, 3.05) is 18.1 Å². The second kappa shape index (κ2) is 8.72. The number of nitrogens with zero attached hydrogens (tertiary/aromatic N) is 2. The first-order chi connectivity index (χ1) is 15.7. The average Bonchev–Trinajstić information content (AvgIpc) is 3.29. The van der Waals surface area contributed by atoms with E-state index in [9.17, 15) is 22.9 Å². The average molecular weight is 497 g/mol. The molecule has 174 valence electrons. The lowest BCUT2D eigenvalue weighted by atomic mass is 9.87. The first-order valence-electron chi connectivity index (χ1n) is 10.2. The molecule has 2 aliphatic heterocycles. The van der Waals surface area contributed by atoms with E-state index in [1.807, 2.05) is 0 Å². The summed E-state index contributed by atoms with van der Waals surface area (Å²) < 4.78 is 52.7. The van der Waals surface area contributed by atoms with Gasteiger partial charge in [-0.05, 0) is 49.7 Å². The summed E-state index contributed by atoms with van der Waals surface area (Å²) in [5.41, 5.74) is 0.271. The van der Waals surface area contributed by atoms with Gasteiger partial charge in [0.1, 0.15) is 11.6 Å². The molecule has 2 heterocycles. The van der Waals surface area contributed by atoms with Crippen LogP contribution in [0.2, 0.25) is 5.02 Å². The quantitative estimate of drug-likeness (QED) is 0.401. The molecule has 2 amide bonds. The van der Waals surface area contributed by atoms with Crippen LogP contribution in [0.4, 0.5) is 14.5 Å². The molecular weight excluding hydrogens is 477 g/mol. The van der Waals surface area contributed by atoms with Crippen molar-refractivity contribution in [3.05, 3.63) is 64.7 Å². The van der Waals surface area contributed by atoms with Crippen LogP contribution < -0.4 is 4.90 Å².